The zero-order valence-electron chi connectivity index (χ0n) is 14.0. The average Bonchev–Trinajstić information content (AvgIpc) is 2.94. The van der Waals surface area contributed by atoms with Crippen molar-refractivity contribution in [2.75, 3.05) is 24.6 Å². The Hall–Kier alpha value is -1.48. The third-order valence-electron chi connectivity index (χ3n) is 4.62. The standard InChI is InChI=1S/C19H28N2O/c1-3-13-22-15-21-14-16(4-2)19-17(9-8-10-18(19)21)20-11-6-5-7-12-20/h8-10,14H,3-7,11-13,15H2,1-2H3. The van der Waals surface area contributed by atoms with Gasteiger partial charge in [-0.25, -0.2) is 0 Å². The Kier molecular flexibility index (Phi) is 5.04. The molecule has 1 aromatic heterocycles. The van der Waals surface area contributed by atoms with E-state index in [1.807, 2.05) is 0 Å². The highest BCUT2D eigenvalue weighted by atomic mass is 16.5. The van der Waals surface area contributed by atoms with Crippen molar-refractivity contribution in [3.63, 3.8) is 0 Å². The molecule has 0 spiro atoms. The van der Waals surface area contributed by atoms with Crippen LogP contribution in [0.2, 0.25) is 0 Å². The smallest absolute Gasteiger partial charge is 0.122 e. The van der Waals surface area contributed by atoms with Gasteiger partial charge in [0, 0.05) is 37.0 Å². The predicted octanol–water partition coefficient (Wildman–Crippen LogP) is 4.58. The fraction of sp³-hybridized carbons (Fsp3) is 0.579. The summed E-state index contributed by atoms with van der Waals surface area (Å²) in [6, 6.07) is 6.73. The van der Waals surface area contributed by atoms with Crippen molar-refractivity contribution in [3.05, 3.63) is 30.0 Å². The van der Waals surface area contributed by atoms with Gasteiger partial charge in [0.2, 0.25) is 0 Å². The molecule has 3 nitrogen and oxygen atoms in total. The van der Waals surface area contributed by atoms with Crippen LogP contribution in [-0.4, -0.2) is 24.3 Å². The Morgan fingerprint density at radius 1 is 1.09 bits per heavy atom. The van der Waals surface area contributed by atoms with Crippen LogP contribution in [0.5, 0.6) is 0 Å². The topological polar surface area (TPSA) is 17.4 Å². The monoisotopic (exact) mass is 300 g/mol. The second kappa shape index (κ2) is 7.19. The molecule has 1 aliphatic heterocycles. The van der Waals surface area contributed by atoms with E-state index in [-0.39, 0.29) is 0 Å². The summed E-state index contributed by atoms with van der Waals surface area (Å²) >= 11 is 0. The van der Waals surface area contributed by atoms with Gasteiger partial charge in [0.25, 0.3) is 0 Å². The van der Waals surface area contributed by atoms with Gasteiger partial charge in [-0.2, -0.15) is 0 Å². The molecule has 3 rings (SSSR count). The molecular weight excluding hydrogens is 272 g/mol. The lowest BCUT2D eigenvalue weighted by molar-refractivity contribution is 0.0803. The van der Waals surface area contributed by atoms with Crippen LogP contribution >= 0.6 is 0 Å². The van der Waals surface area contributed by atoms with E-state index in [0.29, 0.717) is 6.73 Å². The fourth-order valence-electron chi connectivity index (χ4n) is 3.50. The van der Waals surface area contributed by atoms with Gasteiger partial charge in [-0.1, -0.05) is 19.9 Å². The van der Waals surface area contributed by atoms with Crippen molar-refractivity contribution in [2.24, 2.45) is 0 Å². The van der Waals surface area contributed by atoms with Crippen LogP contribution in [0.25, 0.3) is 10.9 Å². The van der Waals surface area contributed by atoms with Crippen LogP contribution in [-0.2, 0) is 17.9 Å². The Balaban J connectivity index is 1.98. The molecule has 120 valence electrons. The molecule has 0 unspecified atom stereocenters. The zero-order valence-corrected chi connectivity index (χ0v) is 14.0. The number of hydrogen-bond acceptors (Lipinski definition) is 2. The molecule has 0 radical (unpaired) electrons. The summed E-state index contributed by atoms with van der Waals surface area (Å²) in [7, 11) is 0. The second-order valence-corrected chi connectivity index (χ2v) is 6.23. The highest BCUT2D eigenvalue weighted by Crippen LogP contribution is 2.33. The second-order valence-electron chi connectivity index (χ2n) is 6.23. The van der Waals surface area contributed by atoms with Crippen molar-refractivity contribution in [2.45, 2.75) is 52.7 Å². The van der Waals surface area contributed by atoms with Crippen molar-refractivity contribution < 1.29 is 4.74 Å². The molecule has 3 heteroatoms. The van der Waals surface area contributed by atoms with Crippen molar-refractivity contribution in [1.82, 2.24) is 4.57 Å². The molecule has 0 saturated carbocycles. The molecule has 1 aromatic carbocycles. The number of aromatic nitrogens is 1. The number of piperidine rings is 1. The number of rotatable bonds is 6. The van der Waals surface area contributed by atoms with Gasteiger partial charge < -0.3 is 14.2 Å². The third kappa shape index (κ3) is 3.00. The lowest BCUT2D eigenvalue weighted by atomic mass is 10.1. The molecule has 1 saturated heterocycles. The van der Waals surface area contributed by atoms with E-state index in [0.717, 1.165) is 19.4 Å². The largest absolute Gasteiger partial charge is 0.371 e. The molecule has 0 atom stereocenters. The van der Waals surface area contributed by atoms with Crippen LogP contribution in [0.15, 0.2) is 24.4 Å². The Bertz CT molecular complexity index is 611. The molecule has 0 aliphatic carbocycles. The molecule has 0 bridgehead atoms. The fourth-order valence-corrected chi connectivity index (χ4v) is 3.50. The van der Waals surface area contributed by atoms with Gasteiger partial charge >= 0.3 is 0 Å². The summed E-state index contributed by atoms with van der Waals surface area (Å²) in [6.07, 6.45) is 8.43. The summed E-state index contributed by atoms with van der Waals surface area (Å²) < 4.78 is 8.04. The predicted molar refractivity (Wildman–Crippen MR) is 93.6 cm³/mol. The minimum atomic E-state index is 0.661. The van der Waals surface area contributed by atoms with Gasteiger partial charge in [0.1, 0.15) is 6.73 Å². The maximum Gasteiger partial charge on any atom is 0.122 e. The summed E-state index contributed by atoms with van der Waals surface area (Å²) in [6.45, 7) is 8.28. The van der Waals surface area contributed by atoms with E-state index < -0.39 is 0 Å². The van der Waals surface area contributed by atoms with E-state index >= 15 is 0 Å². The molecule has 1 aliphatic rings. The van der Waals surface area contributed by atoms with Crippen LogP contribution in [0, 0.1) is 0 Å². The lowest BCUT2D eigenvalue weighted by Gasteiger charge is -2.29. The molecule has 2 aromatic rings. The number of anilines is 1. The quantitative estimate of drug-likeness (QED) is 0.727. The molecule has 0 amide bonds. The number of hydrogen-bond donors (Lipinski definition) is 0. The Labute approximate surface area is 133 Å². The third-order valence-corrected chi connectivity index (χ3v) is 4.62. The number of fused-ring (bicyclic) bond motifs is 1. The molecule has 22 heavy (non-hydrogen) atoms. The van der Waals surface area contributed by atoms with Gasteiger partial charge in [-0.3, -0.25) is 0 Å². The van der Waals surface area contributed by atoms with Gasteiger partial charge in [0.15, 0.2) is 0 Å². The summed E-state index contributed by atoms with van der Waals surface area (Å²) in [5.74, 6) is 0. The lowest BCUT2D eigenvalue weighted by Crippen LogP contribution is -2.29. The van der Waals surface area contributed by atoms with E-state index in [2.05, 4.69) is 47.7 Å². The minimum Gasteiger partial charge on any atom is -0.371 e. The SMILES string of the molecule is CCCOCn1cc(CC)c2c(N3CCCCC3)cccc21. The van der Waals surface area contributed by atoms with Gasteiger partial charge in [0.05, 0.1) is 5.52 Å². The number of benzene rings is 1. The first kappa shape index (κ1) is 15.4. The molecule has 2 heterocycles. The summed E-state index contributed by atoms with van der Waals surface area (Å²) in [5, 5.41) is 1.44. The maximum absolute atomic E-state index is 5.77. The van der Waals surface area contributed by atoms with Crippen LogP contribution in [0.3, 0.4) is 0 Å². The maximum atomic E-state index is 5.77. The molecule has 0 N–H and O–H groups in total. The summed E-state index contributed by atoms with van der Waals surface area (Å²) in [5.41, 5.74) is 4.18. The number of nitrogens with zero attached hydrogens (tertiary/aromatic N) is 2. The van der Waals surface area contributed by atoms with Crippen molar-refractivity contribution in [1.29, 1.82) is 0 Å². The van der Waals surface area contributed by atoms with E-state index in [9.17, 15) is 0 Å². The first-order chi connectivity index (χ1) is 10.8. The van der Waals surface area contributed by atoms with Gasteiger partial charge in [-0.05, 0) is 49.8 Å². The van der Waals surface area contributed by atoms with Crippen molar-refractivity contribution in [3.8, 4) is 0 Å². The number of aryl methyl sites for hydroxylation is 1. The first-order valence-electron chi connectivity index (χ1n) is 8.78. The highest BCUT2D eigenvalue weighted by Gasteiger charge is 2.17. The van der Waals surface area contributed by atoms with E-state index in [1.54, 1.807) is 0 Å². The van der Waals surface area contributed by atoms with Crippen molar-refractivity contribution >= 4 is 16.6 Å². The Morgan fingerprint density at radius 3 is 2.64 bits per heavy atom. The normalized spacial score (nSPS) is 15.6. The zero-order chi connectivity index (χ0) is 15.4. The summed E-state index contributed by atoms with van der Waals surface area (Å²) in [4.78, 5) is 2.57. The highest BCUT2D eigenvalue weighted by molar-refractivity contribution is 5.96. The molecular formula is C19H28N2O. The first-order valence-corrected chi connectivity index (χ1v) is 8.78. The van der Waals surface area contributed by atoms with Crippen LogP contribution in [0.4, 0.5) is 5.69 Å². The minimum absolute atomic E-state index is 0.661. The Morgan fingerprint density at radius 2 is 1.91 bits per heavy atom. The number of ether oxygens (including phenoxy) is 1. The van der Waals surface area contributed by atoms with Crippen LogP contribution in [0.1, 0.15) is 45.1 Å². The average molecular weight is 300 g/mol. The molecule has 1 fully saturated rings. The van der Waals surface area contributed by atoms with E-state index in [4.69, 9.17) is 4.74 Å². The van der Waals surface area contributed by atoms with Crippen LogP contribution < -0.4 is 4.90 Å². The van der Waals surface area contributed by atoms with Gasteiger partial charge in [-0.15, -0.1) is 0 Å². The van der Waals surface area contributed by atoms with E-state index in [1.165, 1.54) is 54.5 Å².